The van der Waals surface area contributed by atoms with E-state index in [9.17, 15) is 4.79 Å². The lowest BCUT2D eigenvalue weighted by Gasteiger charge is -2.58. The summed E-state index contributed by atoms with van der Waals surface area (Å²) in [5, 5.41) is 0. The van der Waals surface area contributed by atoms with Gasteiger partial charge in [-0.3, -0.25) is 4.79 Å². The van der Waals surface area contributed by atoms with Crippen LogP contribution in [0.4, 0.5) is 0 Å². The number of Topliss-reactive ketones (excluding diaryl/α,β-unsaturated/α-hetero) is 1. The van der Waals surface area contributed by atoms with Crippen LogP contribution in [0, 0.1) is 34.5 Å². The first kappa shape index (κ1) is 13.1. The third-order valence-corrected chi connectivity index (χ3v) is 8.64. The predicted octanol–water partition coefficient (Wildman–Crippen LogP) is 3.98. The summed E-state index contributed by atoms with van der Waals surface area (Å²) in [5.41, 5.74) is 0.547. The van der Waals surface area contributed by atoms with E-state index in [2.05, 4.69) is 13.8 Å². The molecule has 0 amide bonds. The van der Waals surface area contributed by atoms with Gasteiger partial charge >= 0.3 is 0 Å². The molecule has 1 unspecified atom stereocenters. The number of carbonyl (C=O) groups excluding carboxylic acids is 1. The van der Waals surface area contributed by atoms with Gasteiger partial charge in [0.15, 0.2) is 0 Å². The number of carbonyl (C=O) groups is 1. The lowest BCUT2D eigenvalue weighted by molar-refractivity contribution is -0.138. The molecule has 0 radical (unpaired) electrons. The minimum Gasteiger partial charge on any atom is -0.369 e. The van der Waals surface area contributed by atoms with Crippen LogP contribution in [0.5, 0.6) is 0 Å². The fraction of sp³-hybridized carbons (Fsp3) is 0.947. The van der Waals surface area contributed by atoms with Crippen molar-refractivity contribution >= 4 is 5.78 Å². The van der Waals surface area contributed by atoms with Crippen LogP contribution in [0.25, 0.3) is 0 Å². The molecule has 0 aromatic rings. The molecule has 4 aliphatic carbocycles. The lowest BCUT2D eigenvalue weighted by Crippen LogP contribution is -2.54. The van der Waals surface area contributed by atoms with Gasteiger partial charge in [0, 0.05) is 11.8 Å². The molecule has 2 heteroatoms. The van der Waals surface area contributed by atoms with Gasteiger partial charge in [-0.25, -0.2) is 0 Å². The molecule has 5 rings (SSSR count). The van der Waals surface area contributed by atoms with Crippen molar-refractivity contribution in [2.45, 2.75) is 77.4 Å². The molecule has 21 heavy (non-hydrogen) atoms. The maximum atomic E-state index is 12.4. The minimum absolute atomic E-state index is 0.0393. The molecular weight excluding hydrogens is 260 g/mol. The molecule has 0 aromatic carbocycles. The molecule has 0 N–H and O–H groups in total. The summed E-state index contributed by atoms with van der Waals surface area (Å²) in [5.74, 6) is 3.78. The first-order valence-corrected chi connectivity index (χ1v) is 9.23. The maximum Gasteiger partial charge on any atom is 0.139 e. The highest BCUT2D eigenvalue weighted by molar-refractivity contribution is 5.87. The van der Waals surface area contributed by atoms with E-state index in [-0.39, 0.29) is 5.41 Å². The van der Waals surface area contributed by atoms with Gasteiger partial charge < -0.3 is 4.74 Å². The molecule has 1 saturated heterocycles. The Morgan fingerprint density at radius 3 is 2.67 bits per heavy atom. The summed E-state index contributed by atoms with van der Waals surface area (Å²) < 4.78 is 5.96. The number of hydrogen-bond donors (Lipinski definition) is 0. The molecule has 8 atom stereocenters. The summed E-state index contributed by atoms with van der Waals surface area (Å²) in [7, 11) is 0. The zero-order valence-corrected chi connectivity index (χ0v) is 13.4. The highest BCUT2D eigenvalue weighted by Gasteiger charge is 2.64. The van der Waals surface area contributed by atoms with Crippen molar-refractivity contribution in [3.05, 3.63) is 0 Å². The Hall–Kier alpha value is -0.370. The van der Waals surface area contributed by atoms with Crippen molar-refractivity contribution in [1.29, 1.82) is 0 Å². The average molecular weight is 288 g/mol. The summed E-state index contributed by atoms with van der Waals surface area (Å²) in [6, 6.07) is 0. The van der Waals surface area contributed by atoms with E-state index in [1.165, 1.54) is 38.5 Å². The number of hydrogen-bond acceptors (Lipinski definition) is 2. The molecule has 5 fully saturated rings. The van der Waals surface area contributed by atoms with Gasteiger partial charge in [-0.1, -0.05) is 13.8 Å². The summed E-state index contributed by atoms with van der Waals surface area (Å²) in [6.45, 7) is 4.87. The number of fused-ring (bicyclic) bond motifs is 7. The van der Waals surface area contributed by atoms with Crippen molar-refractivity contribution in [3.8, 4) is 0 Å². The van der Waals surface area contributed by atoms with Crippen LogP contribution >= 0.6 is 0 Å². The van der Waals surface area contributed by atoms with Crippen LogP contribution in [0.2, 0.25) is 0 Å². The van der Waals surface area contributed by atoms with Crippen molar-refractivity contribution in [1.82, 2.24) is 0 Å². The van der Waals surface area contributed by atoms with Gasteiger partial charge in [0.05, 0.1) is 12.2 Å². The SMILES string of the molecule is C[C@@]12CC[C@@H]3OC3[C@H]1CC[C@H]1[C@H]2CC[C@@]2(C)C(=O)CC[C@H]12. The molecule has 1 heterocycles. The quantitative estimate of drug-likeness (QED) is 0.631. The molecule has 116 valence electrons. The van der Waals surface area contributed by atoms with Crippen molar-refractivity contribution < 1.29 is 9.53 Å². The number of ether oxygens (including phenoxy) is 1. The maximum absolute atomic E-state index is 12.4. The first-order valence-electron chi connectivity index (χ1n) is 9.23. The van der Waals surface area contributed by atoms with E-state index in [1.54, 1.807) is 0 Å². The normalized spacial score (nSPS) is 61.5. The van der Waals surface area contributed by atoms with Gasteiger partial charge in [-0.05, 0) is 74.0 Å². The van der Waals surface area contributed by atoms with Crippen LogP contribution in [0.15, 0.2) is 0 Å². The second kappa shape index (κ2) is 3.93. The highest BCUT2D eigenvalue weighted by atomic mass is 16.6. The second-order valence-corrected chi connectivity index (χ2v) is 9.16. The van der Waals surface area contributed by atoms with Gasteiger partial charge in [0.1, 0.15) is 5.78 Å². The Kier molecular flexibility index (Phi) is 2.45. The van der Waals surface area contributed by atoms with E-state index in [0.29, 0.717) is 29.3 Å². The van der Waals surface area contributed by atoms with Crippen molar-refractivity contribution in [3.63, 3.8) is 0 Å². The number of epoxide rings is 1. The van der Waals surface area contributed by atoms with Crippen LogP contribution in [0.1, 0.15) is 65.2 Å². The lowest BCUT2D eigenvalue weighted by atomic mass is 9.45. The van der Waals surface area contributed by atoms with Gasteiger partial charge in [-0.2, -0.15) is 0 Å². The van der Waals surface area contributed by atoms with Gasteiger partial charge in [-0.15, -0.1) is 0 Å². The minimum atomic E-state index is 0.0393. The predicted molar refractivity (Wildman–Crippen MR) is 80.8 cm³/mol. The molecule has 0 aromatic heterocycles. The van der Waals surface area contributed by atoms with E-state index in [1.807, 2.05) is 0 Å². The molecular formula is C19H28O2. The van der Waals surface area contributed by atoms with Crippen LogP contribution in [0.3, 0.4) is 0 Å². The molecule has 5 aliphatic rings. The third kappa shape index (κ3) is 1.51. The van der Waals surface area contributed by atoms with E-state index in [4.69, 9.17) is 4.74 Å². The zero-order chi connectivity index (χ0) is 14.4. The Labute approximate surface area is 128 Å². The van der Waals surface area contributed by atoms with E-state index >= 15 is 0 Å². The molecule has 0 spiro atoms. The van der Waals surface area contributed by atoms with E-state index < -0.39 is 0 Å². The number of ketones is 1. The highest BCUT2D eigenvalue weighted by Crippen LogP contribution is 2.67. The largest absolute Gasteiger partial charge is 0.369 e. The van der Waals surface area contributed by atoms with Gasteiger partial charge in [0.2, 0.25) is 0 Å². The molecule has 0 bridgehead atoms. The van der Waals surface area contributed by atoms with Gasteiger partial charge in [0.25, 0.3) is 0 Å². The zero-order valence-electron chi connectivity index (χ0n) is 13.4. The summed E-state index contributed by atoms with van der Waals surface area (Å²) in [6.07, 6.45) is 11.1. The third-order valence-electron chi connectivity index (χ3n) is 8.64. The summed E-state index contributed by atoms with van der Waals surface area (Å²) in [4.78, 5) is 12.4. The van der Waals surface area contributed by atoms with Crippen LogP contribution in [-0.2, 0) is 9.53 Å². The van der Waals surface area contributed by atoms with E-state index in [0.717, 1.165) is 30.6 Å². The molecule has 4 saturated carbocycles. The Morgan fingerprint density at radius 1 is 0.952 bits per heavy atom. The summed E-state index contributed by atoms with van der Waals surface area (Å²) >= 11 is 0. The topological polar surface area (TPSA) is 29.6 Å². The standard InChI is InChI=1S/C19H28O2/c1-18-10-8-15-17(21-15)14(18)4-3-11-12-5-6-16(20)19(12,2)9-7-13(11)18/h11-15,17H,3-10H2,1-2H3/t11-,12-,13-,14-,15+,17?,18+,19-/m1/s1. The van der Waals surface area contributed by atoms with Crippen molar-refractivity contribution in [2.75, 3.05) is 0 Å². The molecule has 1 aliphatic heterocycles. The van der Waals surface area contributed by atoms with Crippen molar-refractivity contribution in [2.24, 2.45) is 34.5 Å². The monoisotopic (exact) mass is 288 g/mol. The second-order valence-electron chi connectivity index (χ2n) is 9.16. The first-order chi connectivity index (χ1) is 10.0. The van der Waals surface area contributed by atoms with Crippen LogP contribution in [-0.4, -0.2) is 18.0 Å². The Bertz CT molecular complexity index is 500. The fourth-order valence-electron chi connectivity index (χ4n) is 7.36. The average Bonchev–Trinajstić information content (AvgIpc) is 3.18. The fourth-order valence-corrected chi connectivity index (χ4v) is 7.36. The Balaban J connectivity index is 1.49. The Morgan fingerprint density at radius 2 is 1.81 bits per heavy atom. The number of rotatable bonds is 0. The molecule has 2 nitrogen and oxygen atoms in total. The van der Waals surface area contributed by atoms with Crippen LogP contribution < -0.4 is 0 Å². The smallest absolute Gasteiger partial charge is 0.139 e.